The maximum absolute atomic E-state index is 12.5. The predicted octanol–water partition coefficient (Wildman–Crippen LogP) is 2.34. The summed E-state index contributed by atoms with van der Waals surface area (Å²) in [6.45, 7) is 11.8. The number of carbonyl (C=O) groups is 1. The van der Waals surface area contributed by atoms with Crippen LogP contribution in [0, 0.1) is 5.92 Å². The molecular weight excluding hydrogens is 467 g/mol. The van der Waals surface area contributed by atoms with E-state index in [1.165, 1.54) is 0 Å². The predicted molar refractivity (Wildman–Crippen MR) is 126 cm³/mol. The van der Waals surface area contributed by atoms with Crippen LogP contribution in [0.4, 0.5) is 5.82 Å². The van der Waals surface area contributed by atoms with Crippen LogP contribution in [0.1, 0.15) is 33.6 Å². The summed E-state index contributed by atoms with van der Waals surface area (Å²) in [5.41, 5.74) is 0. The number of nitrogens with zero attached hydrogens (tertiary/aromatic N) is 4. The van der Waals surface area contributed by atoms with Gasteiger partial charge in [-0.3, -0.25) is 9.79 Å². The first-order chi connectivity index (χ1) is 13.1. The Morgan fingerprint density at radius 1 is 1.21 bits per heavy atom. The van der Waals surface area contributed by atoms with Gasteiger partial charge >= 0.3 is 0 Å². The number of anilines is 1. The lowest BCUT2D eigenvalue weighted by Gasteiger charge is -2.35. The number of rotatable bonds is 8. The third-order valence-corrected chi connectivity index (χ3v) is 4.56. The van der Waals surface area contributed by atoms with E-state index in [2.05, 4.69) is 39.4 Å². The molecule has 0 unspecified atom stereocenters. The Labute approximate surface area is 186 Å². The number of amides is 1. The molecule has 0 aromatic carbocycles. The van der Waals surface area contributed by atoms with Crippen molar-refractivity contribution >= 4 is 41.7 Å². The Kier molecular flexibility index (Phi) is 11.9. The molecule has 158 valence electrons. The molecule has 0 radical (unpaired) electrons. The summed E-state index contributed by atoms with van der Waals surface area (Å²) in [6.07, 6.45) is 3.36. The zero-order chi connectivity index (χ0) is 19.5. The Morgan fingerprint density at radius 2 is 1.96 bits per heavy atom. The van der Waals surface area contributed by atoms with Crippen LogP contribution in [0.5, 0.6) is 0 Å². The van der Waals surface area contributed by atoms with Crippen LogP contribution in [-0.4, -0.2) is 67.6 Å². The summed E-state index contributed by atoms with van der Waals surface area (Å²) in [4.78, 5) is 25.6. The Morgan fingerprint density at radius 3 is 2.57 bits per heavy atom. The van der Waals surface area contributed by atoms with Gasteiger partial charge in [0.25, 0.3) is 0 Å². The highest BCUT2D eigenvalue weighted by atomic mass is 127. The molecule has 0 aliphatic carbocycles. The normalized spacial score (nSPS) is 14.6. The van der Waals surface area contributed by atoms with Gasteiger partial charge in [0, 0.05) is 58.4 Å². The highest BCUT2D eigenvalue weighted by molar-refractivity contribution is 14.0. The lowest BCUT2D eigenvalue weighted by atomic mass is 10.1. The van der Waals surface area contributed by atoms with E-state index in [0.29, 0.717) is 18.9 Å². The van der Waals surface area contributed by atoms with E-state index in [-0.39, 0.29) is 29.9 Å². The molecule has 0 atom stereocenters. The van der Waals surface area contributed by atoms with Crippen LogP contribution in [0.15, 0.2) is 29.4 Å². The molecule has 28 heavy (non-hydrogen) atoms. The Hall–Kier alpha value is -1.58. The first-order valence-corrected chi connectivity index (χ1v) is 10.1. The van der Waals surface area contributed by atoms with Crippen LogP contribution in [0.25, 0.3) is 0 Å². The van der Waals surface area contributed by atoms with E-state index < -0.39 is 0 Å². The summed E-state index contributed by atoms with van der Waals surface area (Å²) in [7, 11) is 0. The van der Waals surface area contributed by atoms with Crippen molar-refractivity contribution in [3.63, 3.8) is 0 Å². The molecule has 7 nitrogen and oxygen atoms in total. The number of hydrogen-bond donors (Lipinski definition) is 2. The van der Waals surface area contributed by atoms with Gasteiger partial charge in [-0.15, -0.1) is 24.0 Å². The van der Waals surface area contributed by atoms with Gasteiger partial charge in [0.15, 0.2) is 5.96 Å². The van der Waals surface area contributed by atoms with E-state index >= 15 is 0 Å². The zero-order valence-electron chi connectivity index (χ0n) is 17.4. The lowest BCUT2D eigenvalue weighted by molar-refractivity contribution is -0.131. The van der Waals surface area contributed by atoms with Crippen LogP contribution in [0.2, 0.25) is 0 Å². The molecule has 0 saturated carbocycles. The first kappa shape index (κ1) is 24.5. The van der Waals surface area contributed by atoms with Crippen LogP contribution >= 0.6 is 24.0 Å². The van der Waals surface area contributed by atoms with Crippen molar-refractivity contribution < 1.29 is 4.79 Å². The maximum Gasteiger partial charge on any atom is 0.224 e. The highest BCUT2D eigenvalue weighted by Crippen LogP contribution is 2.12. The number of guanidine groups is 1. The number of hydrogen-bond acceptors (Lipinski definition) is 4. The van der Waals surface area contributed by atoms with E-state index in [4.69, 9.17) is 0 Å². The molecule has 1 aliphatic rings. The summed E-state index contributed by atoms with van der Waals surface area (Å²) < 4.78 is 0. The number of nitrogens with one attached hydrogen (secondary N) is 2. The van der Waals surface area contributed by atoms with E-state index in [9.17, 15) is 4.79 Å². The number of pyridine rings is 1. The second-order valence-corrected chi connectivity index (χ2v) is 7.18. The summed E-state index contributed by atoms with van der Waals surface area (Å²) in [5, 5.41) is 6.50. The molecule has 1 amide bonds. The molecule has 0 spiro atoms. The molecule has 1 aliphatic heterocycles. The van der Waals surface area contributed by atoms with Gasteiger partial charge in [-0.05, 0) is 31.4 Å². The van der Waals surface area contributed by atoms with Crippen molar-refractivity contribution in [1.82, 2.24) is 20.5 Å². The van der Waals surface area contributed by atoms with Crippen molar-refractivity contribution in [1.29, 1.82) is 0 Å². The molecule has 1 fully saturated rings. The molecular formula is C20H35IN6O. The largest absolute Gasteiger partial charge is 0.357 e. The van der Waals surface area contributed by atoms with Gasteiger partial charge < -0.3 is 20.4 Å². The number of aromatic nitrogens is 1. The van der Waals surface area contributed by atoms with Crippen molar-refractivity contribution in [2.24, 2.45) is 10.9 Å². The van der Waals surface area contributed by atoms with Crippen molar-refractivity contribution in [2.45, 2.75) is 33.6 Å². The van der Waals surface area contributed by atoms with Gasteiger partial charge in [0.05, 0.1) is 0 Å². The number of piperazine rings is 1. The van der Waals surface area contributed by atoms with Gasteiger partial charge in [-0.2, -0.15) is 0 Å². The molecule has 2 heterocycles. The molecule has 0 bridgehead atoms. The quantitative estimate of drug-likeness (QED) is 0.325. The molecule has 1 aromatic heterocycles. The van der Waals surface area contributed by atoms with Gasteiger partial charge in [0.1, 0.15) is 5.82 Å². The fourth-order valence-corrected chi connectivity index (χ4v) is 2.95. The van der Waals surface area contributed by atoms with Crippen molar-refractivity contribution in [3.05, 3.63) is 24.4 Å². The number of halogens is 1. The monoisotopic (exact) mass is 502 g/mol. The SMILES string of the molecule is CCNC(=NCCC(C)C)NCCC(=O)N1CCN(c2ccccn2)CC1.I. The van der Waals surface area contributed by atoms with Crippen LogP contribution < -0.4 is 15.5 Å². The van der Waals surface area contributed by atoms with Crippen molar-refractivity contribution in [3.8, 4) is 0 Å². The second kappa shape index (κ2) is 13.6. The topological polar surface area (TPSA) is 72.9 Å². The van der Waals surface area contributed by atoms with E-state index in [0.717, 1.165) is 57.5 Å². The minimum Gasteiger partial charge on any atom is -0.357 e. The maximum atomic E-state index is 12.5. The Bertz CT molecular complexity index is 588. The van der Waals surface area contributed by atoms with Crippen molar-refractivity contribution in [2.75, 3.05) is 50.7 Å². The third kappa shape index (κ3) is 8.62. The molecule has 8 heteroatoms. The minimum absolute atomic E-state index is 0. The van der Waals surface area contributed by atoms with Crippen LogP contribution in [-0.2, 0) is 4.79 Å². The molecule has 1 saturated heterocycles. The van der Waals surface area contributed by atoms with E-state index in [1.807, 2.05) is 36.2 Å². The van der Waals surface area contributed by atoms with Gasteiger partial charge in [-0.25, -0.2) is 4.98 Å². The number of aliphatic imine (C=N–C) groups is 1. The molecule has 1 aromatic rings. The van der Waals surface area contributed by atoms with Gasteiger partial charge in [0.2, 0.25) is 5.91 Å². The standard InChI is InChI=1S/C20H34N6O.HI/c1-4-21-20(23-11-8-17(2)3)24-12-9-19(27)26-15-13-25(14-16-26)18-7-5-6-10-22-18;/h5-7,10,17H,4,8-9,11-16H2,1-3H3,(H2,21,23,24);1H. The smallest absolute Gasteiger partial charge is 0.224 e. The van der Waals surface area contributed by atoms with Gasteiger partial charge in [-0.1, -0.05) is 19.9 Å². The summed E-state index contributed by atoms with van der Waals surface area (Å²) >= 11 is 0. The lowest BCUT2D eigenvalue weighted by Crippen LogP contribution is -2.49. The fourth-order valence-electron chi connectivity index (χ4n) is 2.95. The average Bonchev–Trinajstić information content (AvgIpc) is 2.68. The minimum atomic E-state index is 0. The van der Waals surface area contributed by atoms with Crippen LogP contribution in [0.3, 0.4) is 0 Å². The van der Waals surface area contributed by atoms with E-state index in [1.54, 1.807) is 0 Å². The number of carbonyl (C=O) groups excluding carboxylic acids is 1. The second-order valence-electron chi connectivity index (χ2n) is 7.18. The average molecular weight is 502 g/mol. The summed E-state index contributed by atoms with van der Waals surface area (Å²) in [5.74, 6) is 2.62. The fraction of sp³-hybridized carbons (Fsp3) is 0.650. The molecule has 2 rings (SSSR count). The summed E-state index contributed by atoms with van der Waals surface area (Å²) in [6, 6.07) is 5.93. The third-order valence-electron chi connectivity index (χ3n) is 4.56. The zero-order valence-corrected chi connectivity index (χ0v) is 19.7. The highest BCUT2D eigenvalue weighted by Gasteiger charge is 2.21. The molecule has 2 N–H and O–H groups in total. The first-order valence-electron chi connectivity index (χ1n) is 10.1. The Balaban J connectivity index is 0.00000392.